The highest BCUT2D eigenvalue weighted by Crippen LogP contribution is 2.23. The Morgan fingerprint density at radius 2 is 1.77 bits per heavy atom. The zero-order valence-corrected chi connectivity index (χ0v) is 18.3. The predicted octanol–water partition coefficient (Wildman–Crippen LogP) is 4.09. The molecule has 2 aromatic carbocycles. The summed E-state index contributed by atoms with van der Waals surface area (Å²) in [6.07, 6.45) is 3.44. The number of rotatable bonds is 8. The standard InChI is InChI=1S/C25H27N3O2S/c29-23(14-13-19-8-3-1-4-9-19)28-17-7-12-22(28)24(30)26-16-15-21-18-31-25(27-21)20-10-5-2-6-11-20/h1-6,8-11,18,22H,7,12-17H2,(H,26,30). The number of thiazole rings is 1. The molecule has 1 unspecified atom stereocenters. The largest absolute Gasteiger partial charge is 0.354 e. The maximum absolute atomic E-state index is 12.7. The van der Waals surface area contributed by atoms with Crippen LogP contribution in [0, 0.1) is 0 Å². The third-order valence-corrected chi connectivity index (χ3v) is 6.54. The van der Waals surface area contributed by atoms with Crippen molar-refractivity contribution in [1.29, 1.82) is 0 Å². The first-order valence-corrected chi connectivity index (χ1v) is 11.7. The number of hydrogen-bond acceptors (Lipinski definition) is 4. The molecule has 0 saturated carbocycles. The highest BCUT2D eigenvalue weighted by atomic mass is 32.1. The predicted molar refractivity (Wildman–Crippen MR) is 124 cm³/mol. The second kappa shape index (κ2) is 10.4. The molecule has 0 bridgehead atoms. The number of benzene rings is 2. The number of aryl methyl sites for hydroxylation is 1. The van der Waals surface area contributed by atoms with E-state index >= 15 is 0 Å². The summed E-state index contributed by atoms with van der Waals surface area (Å²) >= 11 is 1.62. The Hall–Kier alpha value is -2.99. The summed E-state index contributed by atoms with van der Waals surface area (Å²) in [5.41, 5.74) is 3.24. The Labute approximate surface area is 187 Å². The number of carbonyl (C=O) groups excluding carboxylic acids is 2. The van der Waals surface area contributed by atoms with E-state index in [0.717, 1.165) is 34.7 Å². The minimum Gasteiger partial charge on any atom is -0.354 e. The topological polar surface area (TPSA) is 62.3 Å². The fourth-order valence-corrected chi connectivity index (χ4v) is 4.80. The molecule has 1 aliphatic rings. The summed E-state index contributed by atoms with van der Waals surface area (Å²) < 4.78 is 0. The lowest BCUT2D eigenvalue weighted by Crippen LogP contribution is -2.46. The Kier molecular flexibility index (Phi) is 7.10. The molecule has 0 radical (unpaired) electrons. The summed E-state index contributed by atoms with van der Waals surface area (Å²) in [4.78, 5) is 31.9. The van der Waals surface area contributed by atoms with Gasteiger partial charge in [-0.05, 0) is 24.8 Å². The van der Waals surface area contributed by atoms with Crippen LogP contribution >= 0.6 is 11.3 Å². The first-order chi connectivity index (χ1) is 15.2. The van der Waals surface area contributed by atoms with Crippen molar-refractivity contribution in [1.82, 2.24) is 15.2 Å². The second-order valence-corrected chi connectivity index (χ2v) is 8.64. The summed E-state index contributed by atoms with van der Waals surface area (Å²) in [6, 6.07) is 19.8. The maximum Gasteiger partial charge on any atom is 0.242 e. The first-order valence-electron chi connectivity index (χ1n) is 10.8. The Morgan fingerprint density at radius 1 is 1.03 bits per heavy atom. The summed E-state index contributed by atoms with van der Waals surface area (Å²) in [7, 11) is 0. The van der Waals surface area contributed by atoms with Crippen LogP contribution in [0.1, 0.15) is 30.5 Å². The van der Waals surface area contributed by atoms with Crippen LogP contribution in [0.4, 0.5) is 0 Å². The van der Waals surface area contributed by atoms with E-state index in [-0.39, 0.29) is 17.9 Å². The minimum atomic E-state index is -0.349. The quantitative estimate of drug-likeness (QED) is 0.582. The lowest BCUT2D eigenvalue weighted by molar-refractivity contribution is -0.138. The van der Waals surface area contributed by atoms with Gasteiger partial charge in [0, 0.05) is 36.9 Å². The molecule has 1 aliphatic heterocycles. The van der Waals surface area contributed by atoms with Gasteiger partial charge in [-0.2, -0.15) is 0 Å². The molecular weight excluding hydrogens is 406 g/mol. The van der Waals surface area contributed by atoms with Crippen molar-refractivity contribution in [2.24, 2.45) is 0 Å². The van der Waals surface area contributed by atoms with Crippen LogP contribution in [0.2, 0.25) is 0 Å². The lowest BCUT2D eigenvalue weighted by atomic mass is 10.1. The lowest BCUT2D eigenvalue weighted by Gasteiger charge is -2.24. The molecule has 2 amide bonds. The third-order valence-electron chi connectivity index (χ3n) is 5.60. The van der Waals surface area contributed by atoms with Crippen LogP contribution in [-0.4, -0.2) is 40.8 Å². The zero-order chi connectivity index (χ0) is 21.5. The van der Waals surface area contributed by atoms with Crippen LogP contribution in [0.25, 0.3) is 10.6 Å². The molecule has 1 atom stereocenters. The molecule has 31 heavy (non-hydrogen) atoms. The highest BCUT2D eigenvalue weighted by Gasteiger charge is 2.33. The van der Waals surface area contributed by atoms with Crippen molar-refractivity contribution in [3.63, 3.8) is 0 Å². The maximum atomic E-state index is 12.7. The number of aromatic nitrogens is 1. The summed E-state index contributed by atoms with van der Waals surface area (Å²) in [6.45, 7) is 1.19. The second-order valence-electron chi connectivity index (χ2n) is 7.78. The van der Waals surface area contributed by atoms with E-state index in [1.807, 2.05) is 66.0 Å². The van der Waals surface area contributed by atoms with E-state index < -0.39 is 0 Å². The van der Waals surface area contributed by atoms with E-state index in [2.05, 4.69) is 10.3 Å². The van der Waals surface area contributed by atoms with Crippen molar-refractivity contribution < 1.29 is 9.59 Å². The van der Waals surface area contributed by atoms with E-state index in [1.165, 1.54) is 0 Å². The van der Waals surface area contributed by atoms with Crippen LogP contribution in [0.3, 0.4) is 0 Å². The average Bonchev–Trinajstić information content (AvgIpc) is 3.49. The van der Waals surface area contributed by atoms with Gasteiger partial charge >= 0.3 is 0 Å². The van der Waals surface area contributed by atoms with Crippen molar-refractivity contribution in [2.75, 3.05) is 13.1 Å². The number of hydrogen-bond donors (Lipinski definition) is 1. The number of likely N-dealkylation sites (tertiary alicyclic amines) is 1. The van der Waals surface area contributed by atoms with Gasteiger partial charge in [-0.25, -0.2) is 4.98 Å². The third kappa shape index (κ3) is 5.58. The highest BCUT2D eigenvalue weighted by molar-refractivity contribution is 7.13. The molecule has 5 nitrogen and oxygen atoms in total. The van der Waals surface area contributed by atoms with E-state index in [4.69, 9.17) is 0 Å². The van der Waals surface area contributed by atoms with Gasteiger partial charge in [0.25, 0.3) is 0 Å². The van der Waals surface area contributed by atoms with Crippen molar-refractivity contribution in [3.8, 4) is 10.6 Å². The number of amides is 2. The van der Waals surface area contributed by atoms with Crippen LogP contribution in [0.5, 0.6) is 0 Å². The molecule has 0 spiro atoms. The van der Waals surface area contributed by atoms with E-state index in [9.17, 15) is 9.59 Å². The first kappa shape index (κ1) is 21.2. The van der Waals surface area contributed by atoms with Gasteiger partial charge in [0.15, 0.2) is 0 Å². The normalized spacial score (nSPS) is 15.7. The molecular formula is C25H27N3O2S. The number of carbonyl (C=O) groups is 2. The zero-order valence-electron chi connectivity index (χ0n) is 17.5. The van der Waals surface area contributed by atoms with Crippen LogP contribution in [-0.2, 0) is 22.4 Å². The Balaban J connectivity index is 1.25. The minimum absolute atomic E-state index is 0.0518. The molecule has 4 rings (SSSR count). The van der Waals surface area contributed by atoms with Gasteiger partial charge < -0.3 is 10.2 Å². The van der Waals surface area contributed by atoms with Crippen molar-refractivity contribution in [2.45, 2.75) is 38.1 Å². The van der Waals surface area contributed by atoms with Crippen molar-refractivity contribution >= 4 is 23.2 Å². The van der Waals surface area contributed by atoms with Gasteiger partial charge in [0.1, 0.15) is 11.0 Å². The monoisotopic (exact) mass is 433 g/mol. The fourth-order valence-electron chi connectivity index (χ4n) is 3.94. The molecule has 1 fully saturated rings. The van der Waals surface area contributed by atoms with E-state index in [1.54, 1.807) is 16.2 Å². The molecule has 0 aliphatic carbocycles. The molecule has 6 heteroatoms. The van der Waals surface area contributed by atoms with Crippen LogP contribution < -0.4 is 5.32 Å². The molecule has 1 N–H and O–H groups in total. The number of nitrogens with one attached hydrogen (secondary N) is 1. The summed E-state index contributed by atoms with van der Waals surface area (Å²) in [5.74, 6) is 0.0116. The van der Waals surface area contributed by atoms with Crippen LogP contribution in [0.15, 0.2) is 66.0 Å². The van der Waals surface area contributed by atoms with E-state index in [0.29, 0.717) is 32.4 Å². The van der Waals surface area contributed by atoms with Gasteiger partial charge in [-0.3, -0.25) is 9.59 Å². The van der Waals surface area contributed by atoms with Gasteiger partial charge in [-0.1, -0.05) is 60.7 Å². The van der Waals surface area contributed by atoms with Gasteiger partial charge in [0.2, 0.25) is 11.8 Å². The smallest absolute Gasteiger partial charge is 0.242 e. The van der Waals surface area contributed by atoms with Crippen molar-refractivity contribution in [3.05, 3.63) is 77.3 Å². The Bertz CT molecular complexity index is 1000. The Morgan fingerprint density at radius 3 is 2.55 bits per heavy atom. The SMILES string of the molecule is O=C(NCCc1csc(-c2ccccc2)n1)C1CCCN1C(=O)CCc1ccccc1. The molecule has 3 aromatic rings. The van der Waals surface area contributed by atoms with Gasteiger partial charge in [-0.15, -0.1) is 11.3 Å². The molecule has 1 saturated heterocycles. The van der Waals surface area contributed by atoms with Gasteiger partial charge in [0.05, 0.1) is 5.69 Å². The molecule has 1 aromatic heterocycles. The summed E-state index contributed by atoms with van der Waals surface area (Å²) in [5, 5.41) is 6.05. The number of nitrogens with zero attached hydrogens (tertiary/aromatic N) is 2. The average molecular weight is 434 g/mol. The fraction of sp³-hybridized carbons (Fsp3) is 0.320. The molecule has 160 valence electrons. The molecule has 2 heterocycles.